The first kappa shape index (κ1) is 21.6. The lowest BCUT2D eigenvalue weighted by Gasteiger charge is -2.32. The Morgan fingerprint density at radius 1 is 1.20 bits per heavy atom. The predicted molar refractivity (Wildman–Crippen MR) is 117 cm³/mol. The van der Waals surface area contributed by atoms with Crippen molar-refractivity contribution >= 4 is 23.5 Å². The number of ether oxygens (including phenoxy) is 1. The van der Waals surface area contributed by atoms with Crippen molar-refractivity contribution < 1.29 is 19.4 Å². The molecule has 1 atom stereocenters. The van der Waals surface area contributed by atoms with Crippen LogP contribution in [0, 0.1) is 5.41 Å². The van der Waals surface area contributed by atoms with Gasteiger partial charge < -0.3 is 20.1 Å². The summed E-state index contributed by atoms with van der Waals surface area (Å²) in [6, 6.07) is 16.1. The van der Waals surface area contributed by atoms with Crippen molar-refractivity contribution in [2.24, 2.45) is 5.41 Å². The molecule has 0 aromatic heterocycles. The number of amides is 3. The highest BCUT2D eigenvalue weighted by Gasteiger charge is 2.26. The van der Waals surface area contributed by atoms with Crippen molar-refractivity contribution in [1.29, 1.82) is 0 Å². The number of nitrogens with one attached hydrogen (secondary N) is 1. The second-order valence-electron chi connectivity index (χ2n) is 8.61. The fraction of sp³-hybridized carbons (Fsp3) is 0.391. The monoisotopic (exact) mass is 411 g/mol. The summed E-state index contributed by atoms with van der Waals surface area (Å²) >= 11 is 0. The number of hydrogen-bond acceptors (Lipinski definition) is 4. The smallest absolute Gasteiger partial charge is 0.414 e. The van der Waals surface area contributed by atoms with E-state index in [1.54, 1.807) is 29.2 Å². The second kappa shape index (κ2) is 9.17. The maximum Gasteiger partial charge on any atom is 0.414 e. The van der Waals surface area contributed by atoms with Crippen molar-refractivity contribution in [1.82, 2.24) is 4.90 Å². The summed E-state index contributed by atoms with van der Waals surface area (Å²) in [4.78, 5) is 28.0. The highest BCUT2D eigenvalue weighted by atomic mass is 16.6. The van der Waals surface area contributed by atoms with Gasteiger partial charge in [0.25, 0.3) is 0 Å². The number of anilines is 2. The van der Waals surface area contributed by atoms with Crippen LogP contribution in [0.2, 0.25) is 0 Å². The van der Waals surface area contributed by atoms with Gasteiger partial charge in [0.15, 0.2) is 0 Å². The highest BCUT2D eigenvalue weighted by molar-refractivity contribution is 5.93. The van der Waals surface area contributed by atoms with Crippen LogP contribution in [0.5, 0.6) is 0 Å². The Morgan fingerprint density at radius 3 is 2.57 bits per heavy atom. The molecular weight excluding hydrogens is 382 g/mol. The van der Waals surface area contributed by atoms with Crippen LogP contribution in [-0.2, 0) is 4.74 Å². The fourth-order valence-corrected chi connectivity index (χ4v) is 3.36. The molecule has 7 heteroatoms. The van der Waals surface area contributed by atoms with Crippen LogP contribution in [0.4, 0.5) is 21.0 Å². The predicted octanol–water partition coefficient (Wildman–Crippen LogP) is 4.26. The van der Waals surface area contributed by atoms with E-state index < -0.39 is 6.10 Å². The number of carbonyl (C=O) groups excluding carboxylic acids is 2. The standard InChI is InChI=1S/C23H29N3O4/c1-23(2,3)16-25(15-20(27)17-8-5-4-6-9-17)21(28)24-18-10-7-11-19(14-18)26-12-13-30-22(26)29/h4-11,14,20,27H,12-13,15-16H2,1-3H3,(H,24,28). The van der Waals surface area contributed by atoms with Gasteiger partial charge in [-0.1, -0.05) is 57.2 Å². The second-order valence-corrected chi connectivity index (χ2v) is 8.61. The van der Waals surface area contributed by atoms with Gasteiger partial charge in [-0.3, -0.25) is 4.90 Å². The van der Waals surface area contributed by atoms with Gasteiger partial charge >= 0.3 is 12.1 Å². The summed E-state index contributed by atoms with van der Waals surface area (Å²) in [6.45, 7) is 7.61. The minimum atomic E-state index is -0.787. The van der Waals surface area contributed by atoms with Crippen LogP contribution in [0.1, 0.15) is 32.4 Å². The molecule has 7 nitrogen and oxygen atoms in total. The lowest BCUT2D eigenvalue weighted by atomic mass is 9.95. The Balaban J connectivity index is 1.74. The molecule has 2 N–H and O–H groups in total. The zero-order valence-corrected chi connectivity index (χ0v) is 17.7. The number of urea groups is 1. The van der Waals surface area contributed by atoms with E-state index in [0.717, 1.165) is 5.56 Å². The molecule has 160 valence electrons. The van der Waals surface area contributed by atoms with Crippen molar-refractivity contribution in [3.8, 4) is 0 Å². The summed E-state index contributed by atoms with van der Waals surface area (Å²) in [5.74, 6) is 0. The average molecular weight is 412 g/mol. The molecule has 1 aliphatic heterocycles. The van der Waals surface area contributed by atoms with E-state index in [9.17, 15) is 14.7 Å². The molecule has 3 amide bonds. The Bertz CT molecular complexity index is 880. The topological polar surface area (TPSA) is 82.1 Å². The Kier molecular flexibility index (Phi) is 6.62. The molecule has 0 radical (unpaired) electrons. The third kappa shape index (κ3) is 5.73. The van der Waals surface area contributed by atoms with Crippen molar-refractivity contribution in [3.05, 3.63) is 60.2 Å². The molecule has 0 saturated carbocycles. The number of carbonyl (C=O) groups is 2. The van der Waals surface area contributed by atoms with E-state index in [1.807, 2.05) is 51.1 Å². The van der Waals surface area contributed by atoms with Gasteiger partial charge in [0.2, 0.25) is 0 Å². The van der Waals surface area contributed by atoms with Gasteiger partial charge in [0.1, 0.15) is 6.61 Å². The summed E-state index contributed by atoms with van der Waals surface area (Å²) in [6.07, 6.45) is -1.18. The minimum Gasteiger partial charge on any atom is -0.447 e. The van der Waals surface area contributed by atoms with Gasteiger partial charge in [-0.05, 0) is 29.2 Å². The molecule has 2 aromatic rings. The van der Waals surface area contributed by atoms with E-state index in [-0.39, 0.29) is 24.1 Å². The number of aliphatic hydroxyl groups is 1. The van der Waals surface area contributed by atoms with E-state index in [2.05, 4.69) is 5.32 Å². The van der Waals surface area contributed by atoms with E-state index in [1.165, 1.54) is 4.90 Å². The van der Waals surface area contributed by atoms with Crippen LogP contribution in [0.15, 0.2) is 54.6 Å². The summed E-state index contributed by atoms with van der Waals surface area (Å²) in [5, 5.41) is 13.5. The Labute approximate surface area is 177 Å². The average Bonchev–Trinajstić information content (AvgIpc) is 3.13. The molecule has 1 aliphatic rings. The molecule has 1 fully saturated rings. The van der Waals surface area contributed by atoms with Crippen molar-refractivity contribution in [3.63, 3.8) is 0 Å². The van der Waals surface area contributed by atoms with Crippen molar-refractivity contribution in [2.75, 3.05) is 36.5 Å². The number of hydrogen-bond donors (Lipinski definition) is 2. The molecule has 3 rings (SSSR count). The van der Waals surface area contributed by atoms with Crippen molar-refractivity contribution in [2.45, 2.75) is 26.9 Å². The first-order chi connectivity index (χ1) is 14.2. The molecule has 1 saturated heterocycles. The normalized spacial score (nSPS) is 14.9. The molecular formula is C23H29N3O4. The maximum atomic E-state index is 13.1. The number of nitrogens with zero attached hydrogens (tertiary/aromatic N) is 2. The lowest BCUT2D eigenvalue weighted by molar-refractivity contribution is 0.110. The Hall–Kier alpha value is -3.06. The molecule has 0 bridgehead atoms. The first-order valence-corrected chi connectivity index (χ1v) is 10.1. The zero-order valence-electron chi connectivity index (χ0n) is 17.7. The maximum absolute atomic E-state index is 13.1. The SMILES string of the molecule is CC(C)(C)CN(CC(O)c1ccccc1)C(=O)Nc1cccc(N2CCOC2=O)c1. The van der Waals surface area contributed by atoms with Crippen LogP contribution in [0.3, 0.4) is 0 Å². The third-order valence-corrected chi connectivity index (χ3v) is 4.70. The van der Waals surface area contributed by atoms with Crippen LogP contribution < -0.4 is 10.2 Å². The van der Waals surface area contributed by atoms with E-state index in [0.29, 0.717) is 31.1 Å². The fourth-order valence-electron chi connectivity index (χ4n) is 3.36. The van der Waals surface area contributed by atoms with Crippen LogP contribution in [0.25, 0.3) is 0 Å². The number of cyclic esters (lactones) is 1. The van der Waals surface area contributed by atoms with E-state index in [4.69, 9.17) is 4.74 Å². The Morgan fingerprint density at radius 2 is 1.93 bits per heavy atom. The summed E-state index contributed by atoms with van der Waals surface area (Å²) in [7, 11) is 0. The van der Waals surface area contributed by atoms with Gasteiger partial charge in [-0.15, -0.1) is 0 Å². The largest absolute Gasteiger partial charge is 0.447 e. The van der Waals surface area contributed by atoms with Crippen LogP contribution in [-0.4, -0.2) is 48.4 Å². The molecule has 30 heavy (non-hydrogen) atoms. The van der Waals surface area contributed by atoms with Gasteiger partial charge in [0, 0.05) is 17.9 Å². The molecule has 0 spiro atoms. The third-order valence-electron chi connectivity index (χ3n) is 4.70. The molecule has 1 heterocycles. The van der Waals surface area contributed by atoms with E-state index >= 15 is 0 Å². The minimum absolute atomic E-state index is 0.144. The molecule has 2 aromatic carbocycles. The van der Waals surface area contributed by atoms with Gasteiger partial charge in [-0.25, -0.2) is 9.59 Å². The lowest BCUT2D eigenvalue weighted by Crippen LogP contribution is -2.42. The first-order valence-electron chi connectivity index (χ1n) is 10.1. The number of benzene rings is 2. The van der Waals surface area contributed by atoms with Gasteiger partial charge in [-0.2, -0.15) is 0 Å². The molecule has 1 unspecified atom stereocenters. The summed E-state index contributed by atoms with van der Waals surface area (Å²) < 4.78 is 4.98. The van der Waals surface area contributed by atoms with Crippen LogP contribution >= 0.6 is 0 Å². The molecule has 0 aliphatic carbocycles. The quantitative estimate of drug-likeness (QED) is 0.744. The zero-order chi connectivity index (χ0) is 21.7. The number of rotatable bonds is 6. The summed E-state index contributed by atoms with van der Waals surface area (Å²) in [5.41, 5.74) is 1.86. The number of aliphatic hydroxyl groups excluding tert-OH is 1. The highest BCUT2D eigenvalue weighted by Crippen LogP contribution is 2.24. The van der Waals surface area contributed by atoms with Gasteiger partial charge in [0.05, 0.1) is 19.2 Å².